The van der Waals surface area contributed by atoms with Crippen molar-refractivity contribution in [3.05, 3.63) is 53.1 Å². The Morgan fingerprint density at radius 2 is 2.13 bits per heavy atom. The summed E-state index contributed by atoms with van der Waals surface area (Å²) in [7, 11) is 0. The van der Waals surface area contributed by atoms with Gasteiger partial charge < -0.3 is 9.84 Å². The Kier molecular flexibility index (Phi) is 4.67. The van der Waals surface area contributed by atoms with Crippen LogP contribution in [-0.2, 0) is 16.9 Å². The minimum Gasteiger partial charge on any atom is -0.507 e. The molecule has 5 heteroatoms. The molecular formula is C18H17NO3S. The predicted octanol–water partition coefficient (Wildman–Crippen LogP) is 4.12. The molecule has 0 saturated heterocycles. The number of fused-ring (bicyclic) bond motifs is 1. The first kappa shape index (κ1) is 15.6. The van der Waals surface area contributed by atoms with Gasteiger partial charge in [0.05, 0.1) is 12.3 Å². The molecule has 0 radical (unpaired) electrons. The summed E-state index contributed by atoms with van der Waals surface area (Å²) in [5.74, 6) is 0.0154. The third-order valence-electron chi connectivity index (χ3n) is 3.60. The highest BCUT2D eigenvalue weighted by Gasteiger charge is 2.25. The molecule has 0 amide bonds. The Bertz CT molecular complexity index is 757. The number of hydrogen-bond acceptors (Lipinski definition) is 5. The van der Waals surface area contributed by atoms with Crippen LogP contribution in [0.3, 0.4) is 0 Å². The first-order chi connectivity index (χ1) is 11.2. The maximum absolute atomic E-state index is 12.3. The molecule has 23 heavy (non-hydrogen) atoms. The lowest BCUT2D eigenvalue weighted by atomic mass is 10.0. The largest absolute Gasteiger partial charge is 0.507 e. The molecule has 0 aromatic heterocycles. The van der Waals surface area contributed by atoms with Crippen molar-refractivity contribution in [3.63, 3.8) is 0 Å². The molecule has 1 heterocycles. The summed E-state index contributed by atoms with van der Waals surface area (Å²) in [6.45, 7) is 2.02. The van der Waals surface area contributed by atoms with Crippen LogP contribution in [0.2, 0.25) is 0 Å². The summed E-state index contributed by atoms with van der Waals surface area (Å²) in [6.07, 6.45) is 2.48. The molecule has 118 valence electrons. The lowest BCUT2D eigenvalue weighted by Gasteiger charge is -2.14. The summed E-state index contributed by atoms with van der Waals surface area (Å²) in [4.78, 5) is 17.8. The first-order valence-corrected chi connectivity index (χ1v) is 8.44. The van der Waals surface area contributed by atoms with Gasteiger partial charge in [-0.25, -0.2) is 4.79 Å². The average Bonchev–Trinajstić information content (AvgIpc) is 3.01. The second-order valence-corrected chi connectivity index (χ2v) is 6.14. The smallest absolute Gasteiger partial charge is 0.342 e. The number of thioether (sulfide) groups is 1. The van der Waals surface area contributed by atoms with E-state index in [-0.39, 0.29) is 17.9 Å². The fraction of sp³-hybridized carbons (Fsp3) is 0.222. The number of rotatable bonds is 5. The molecule has 0 saturated carbocycles. The number of benzene rings is 2. The number of ether oxygens (including phenoxy) is 1. The van der Waals surface area contributed by atoms with E-state index in [2.05, 4.69) is 4.99 Å². The lowest BCUT2D eigenvalue weighted by molar-refractivity contribution is 0.0522. The quantitative estimate of drug-likeness (QED) is 0.663. The Balaban J connectivity index is 1.98. The van der Waals surface area contributed by atoms with Crippen molar-refractivity contribution >= 4 is 29.6 Å². The van der Waals surface area contributed by atoms with E-state index in [1.54, 1.807) is 31.0 Å². The molecule has 0 atom stereocenters. The zero-order valence-electron chi connectivity index (χ0n) is 12.8. The molecule has 1 aliphatic heterocycles. The van der Waals surface area contributed by atoms with Crippen molar-refractivity contribution in [2.75, 3.05) is 6.61 Å². The SMILES string of the molecule is CCOC(=O)c1c(O)cc2c(c1CSc1ccccc1)N=CC2. The van der Waals surface area contributed by atoms with E-state index in [0.717, 1.165) is 21.7 Å². The molecule has 1 N–H and O–H groups in total. The van der Waals surface area contributed by atoms with Crippen molar-refractivity contribution in [2.24, 2.45) is 4.99 Å². The molecule has 3 rings (SSSR count). The van der Waals surface area contributed by atoms with Crippen molar-refractivity contribution in [2.45, 2.75) is 24.0 Å². The standard InChI is InChI=1S/C18H17NO3S/c1-2-22-18(21)16-14(11-23-13-6-4-3-5-7-13)17-12(8-9-19-17)10-15(16)20/h3-7,9-10,20H,2,8,11H2,1H3. The molecule has 1 aliphatic rings. The minimum absolute atomic E-state index is 0.0311. The molecule has 0 fully saturated rings. The van der Waals surface area contributed by atoms with Crippen molar-refractivity contribution in [3.8, 4) is 5.75 Å². The van der Waals surface area contributed by atoms with Gasteiger partial charge in [0.2, 0.25) is 0 Å². The van der Waals surface area contributed by atoms with E-state index in [9.17, 15) is 9.90 Å². The van der Waals surface area contributed by atoms with Crippen LogP contribution in [0.15, 0.2) is 46.3 Å². The molecular weight excluding hydrogens is 310 g/mol. The average molecular weight is 327 g/mol. The zero-order chi connectivity index (χ0) is 16.2. The van der Waals surface area contributed by atoms with E-state index >= 15 is 0 Å². The lowest BCUT2D eigenvalue weighted by Crippen LogP contribution is -2.09. The van der Waals surface area contributed by atoms with Crippen LogP contribution in [0.25, 0.3) is 0 Å². The fourth-order valence-electron chi connectivity index (χ4n) is 2.57. The van der Waals surface area contributed by atoms with Gasteiger partial charge in [-0.15, -0.1) is 11.8 Å². The fourth-order valence-corrected chi connectivity index (χ4v) is 3.51. The number of aliphatic imine (C=N–C) groups is 1. The molecule has 0 bridgehead atoms. The zero-order valence-corrected chi connectivity index (χ0v) is 13.6. The minimum atomic E-state index is -0.501. The Morgan fingerprint density at radius 1 is 1.35 bits per heavy atom. The van der Waals surface area contributed by atoms with Gasteiger partial charge in [0.25, 0.3) is 0 Å². The number of esters is 1. The summed E-state index contributed by atoms with van der Waals surface area (Å²) in [5.41, 5.74) is 2.70. The maximum Gasteiger partial charge on any atom is 0.342 e. The predicted molar refractivity (Wildman–Crippen MR) is 91.9 cm³/mol. The number of hydrogen-bond donors (Lipinski definition) is 1. The van der Waals surface area contributed by atoms with Gasteiger partial charge in [-0.3, -0.25) is 4.99 Å². The molecule has 4 nitrogen and oxygen atoms in total. The van der Waals surface area contributed by atoms with Crippen LogP contribution >= 0.6 is 11.8 Å². The van der Waals surface area contributed by atoms with E-state index in [0.29, 0.717) is 12.2 Å². The van der Waals surface area contributed by atoms with Gasteiger partial charge in [0.15, 0.2) is 0 Å². The van der Waals surface area contributed by atoms with Gasteiger partial charge in [-0.05, 0) is 30.7 Å². The highest BCUT2D eigenvalue weighted by Crippen LogP contribution is 2.40. The van der Waals surface area contributed by atoms with Crippen LogP contribution in [0.5, 0.6) is 5.75 Å². The van der Waals surface area contributed by atoms with E-state index in [1.807, 2.05) is 30.3 Å². The van der Waals surface area contributed by atoms with Crippen molar-refractivity contribution in [1.29, 1.82) is 0 Å². The molecule has 0 spiro atoms. The number of phenolic OH excluding ortho intramolecular Hbond substituents is 1. The number of carbonyl (C=O) groups is 1. The van der Waals surface area contributed by atoms with E-state index in [4.69, 9.17) is 4.74 Å². The van der Waals surface area contributed by atoms with Crippen LogP contribution in [0.1, 0.15) is 28.4 Å². The maximum atomic E-state index is 12.3. The van der Waals surface area contributed by atoms with Gasteiger partial charge in [0.1, 0.15) is 11.3 Å². The second kappa shape index (κ2) is 6.87. The van der Waals surface area contributed by atoms with Gasteiger partial charge in [-0.2, -0.15) is 0 Å². The third-order valence-corrected chi connectivity index (χ3v) is 4.63. The molecule has 2 aromatic carbocycles. The highest BCUT2D eigenvalue weighted by molar-refractivity contribution is 7.98. The number of nitrogens with zero attached hydrogens (tertiary/aromatic N) is 1. The van der Waals surface area contributed by atoms with Crippen molar-refractivity contribution in [1.82, 2.24) is 0 Å². The topological polar surface area (TPSA) is 58.9 Å². The highest BCUT2D eigenvalue weighted by atomic mass is 32.2. The Labute approximate surface area is 139 Å². The van der Waals surface area contributed by atoms with Crippen LogP contribution < -0.4 is 0 Å². The van der Waals surface area contributed by atoms with Crippen LogP contribution in [0, 0.1) is 0 Å². The van der Waals surface area contributed by atoms with Gasteiger partial charge >= 0.3 is 5.97 Å². The Morgan fingerprint density at radius 3 is 2.87 bits per heavy atom. The second-order valence-electron chi connectivity index (χ2n) is 5.09. The van der Waals surface area contributed by atoms with Crippen molar-refractivity contribution < 1.29 is 14.6 Å². The normalized spacial score (nSPS) is 12.2. The summed E-state index contributed by atoms with van der Waals surface area (Å²) >= 11 is 1.61. The van der Waals surface area contributed by atoms with Crippen LogP contribution in [-0.4, -0.2) is 23.9 Å². The van der Waals surface area contributed by atoms with Crippen LogP contribution in [0.4, 0.5) is 5.69 Å². The Hall–Kier alpha value is -2.27. The monoisotopic (exact) mass is 327 g/mol. The molecule has 0 unspecified atom stereocenters. The molecule has 0 aliphatic carbocycles. The summed E-state index contributed by atoms with van der Waals surface area (Å²) in [6, 6.07) is 11.6. The summed E-state index contributed by atoms with van der Waals surface area (Å²) in [5, 5.41) is 10.3. The summed E-state index contributed by atoms with van der Waals surface area (Å²) < 4.78 is 5.10. The van der Waals surface area contributed by atoms with E-state index < -0.39 is 5.97 Å². The van der Waals surface area contributed by atoms with E-state index in [1.165, 1.54) is 0 Å². The number of phenols is 1. The van der Waals surface area contributed by atoms with Gasteiger partial charge in [-0.1, -0.05) is 18.2 Å². The molecule has 2 aromatic rings. The number of carbonyl (C=O) groups excluding carboxylic acids is 1. The first-order valence-electron chi connectivity index (χ1n) is 7.46. The van der Waals surface area contributed by atoms with Gasteiger partial charge in [0, 0.05) is 28.8 Å². The number of aromatic hydroxyl groups is 1. The third kappa shape index (κ3) is 3.24.